The largest absolute Gasteiger partial charge is 0.481 e. The molecule has 1 aliphatic heterocycles. The van der Waals surface area contributed by atoms with Crippen molar-refractivity contribution in [3.8, 4) is 0 Å². The molecule has 0 aromatic carbocycles. The number of carbonyl (C=O) groups excluding carboxylic acids is 1. The van der Waals surface area contributed by atoms with Gasteiger partial charge >= 0.3 is 12.1 Å². The molecule has 1 aliphatic rings. The molecule has 6 nitrogen and oxygen atoms in total. The van der Waals surface area contributed by atoms with Crippen LogP contribution in [0.4, 0.5) is 4.79 Å². The summed E-state index contributed by atoms with van der Waals surface area (Å²) in [6.45, 7) is 6.92. The highest BCUT2D eigenvalue weighted by Gasteiger charge is 2.47. The van der Waals surface area contributed by atoms with Crippen molar-refractivity contribution in [1.29, 1.82) is 0 Å². The van der Waals surface area contributed by atoms with Gasteiger partial charge in [0.15, 0.2) is 0 Å². The molecule has 0 saturated carbocycles. The first kappa shape index (κ1) is 17.1. The standard InChI is InChI=1S/C13H24N2O4S/c1-12(2,3)19-11(18)15-8-13(9-15,7-10(16)17)14-5-6-20-4/h14H,5-9H2,1-4H3,(H,16,17). The number of carboxylic acids is 1. The third kappa shape index (κ3) is 5.20. The number of thioether (sulfide) groups is 1. The lowest BCUT2D eigenvalue weighted by atomic mass is 9.86. The van der Waals surface area contributed by atoms with Crippen LogP contribution in [0.1, 0.15) is 27.2 Å². The number of likely N-dealkylation sites (tertiary alicyclic amines) is 1. The summed E-state index contributed by atoms with van der Waals surface area (Å²) in [5.41, 5.74) is -1.05. The topological polar surface area (TPSA) is 78.9 Å². The first-order chi connectivity index (χ1) is 9.17. The lowest BCUT2D eigenvalue weighted by Crippen LogP contribution is -2.71. The number of ether oxygens (including phenoxy) is 1. The highest BCUT2D eigenvalue weighted by atomic mass is 32.2. The molecule has 0 aliphatic carbocycles. The second-order valence-corrected chi connectivity index (χ2v) is 7.09. The van der Waals surface area contributed by atoms with E-state index in [-0.39, 0.29) is 12.5 Å². The van der Waals surface area contributed by atoms with Crippen molar-refractivity contribution in [2.45, 2.75) is 38.3 Å². The van der Waals surface area contributed by atoms with Crippen molar-refractivity contribution >= 4 is 23.8 Å². The molecule has 1 heterocycles. The second kappa shape index (κ2) is 6.67. The SMILES string of the molecule is CSCCNC1(CC(=O)O)CN(C(=O)OC(C)(C)C)C1. The number of rotatable bonds is 6. The van der Waals surface area contributed by atoms with Crippen LogP contribution in [0.5, 0.6) is 0 Å². The van der Waals surface area contributed by atoms with Crippen molar-refractivity contribution in [3.05, 3.63) is 0 Å². The van der Waals surface area contributed by atoms with E-state index in [9.17, 15) is 9.59 Å². The average Bonchev–Trinajstić information content (AvgIpc) is 2.21. The number of nitrogens with zero attached hydrogens (tertiary/aromatic N) is 1. The number of hydrogen-bond donors (Lipinski definition) is 2. The van der Waals surface area contributed by atoms with Gasteiger partial charge in [-0.2, -0.15) is 11.8 Å². The number of carbonyl (C=O) groups is 2. The number of aliphatic carboxylic acids is 1. The normalized spacial score (nSPS) is 17.5. The van der Waals surface area contributed by atoms with E-state index in [1.54, 1.807) is 16.7 Å². The van der Waals surface area contributed by atoms with Gasteiger partial charge in [0, 0.05) is 25.4 Å². The van der Waals surface area contributed by atoms with Crippen LogP contribution >= 0.6 is 11.8 Å². The molecular weight excluding hydrogens is 280 g/mol. The predicted molar refractivity (Wildman–Crippen MR) is 79.2 cm³/mol. The Labute approximate surface area is 124 Å². The highest BCUT2D eigenvalue weighted by molar-refractivity contribution is 7.98. The summed E-state index contributed by atoms with van der Waals surface area (Å²) in [5.74, 6) is 0.0545. The quantitative estimate of drug-likeness (QED) is 0.722. The molecular formula is C13H24N2O4S. The summed E-state index contributed by atoms with van der Waals surface area (Å²) in [7, 11) is 0. The van der Waals surface area contributed by atoms with Gasteiger partial charge in [0.05, 0.1) is 12.0 Å². The van der Waals surface area contributed by atoms with Crippen molar-refractivity contribution in [2.24, 2.45) is 0 Å². The molecule has 0 aromatic heterocycles. The Morgan fingerprint density at radius 1 is 1.40 bits per heavy atom. The van der Waals surface area contributed by atoms with Crippen LogP contribution in [0.3, 0.4) is 0 Å². The van der Waals surface area contributed by atoms with Gasteiger partial charge in [-0.25, -0.2) is 4.79 Å². The Hall–Kier alpha value is -0.950. The summed E-state index contributed by atoms with van der Waals surface area (Å²) in [6, 6.07) is 0. The number of hydrogen-bond acceptors (Lipinski definition) is 5. The van der Waals surface area contributed by atoms with E-state index in [1.165, 1.54) is 0 Å². The number of amides is 1. The van der Waals surface area contributed by atoms with E-state index >= 15 is 0 Å². The molecule has 0 aromatic rings. The zero-order chi connectivity index (χ0) is 15.4. The molecule has 0 bridgehead atoms. The van der Waals surface area contributed by atoms with E-state index in [1.807, 2.05) is 27.0 Å². The van der Waals surface area contributed by atoms with Crippen LogP contribution in [0.2, 0.25) is 0 Å². The molecule has 0 radical (unpaired) electrons. The summed E-state index contributed by atoms with van der Waals surface area (Å²) in [6.07, 6.45) is 1.63. The molecule has 0 atom stereocenters. The van der Waals surface area contributed by atoms with E-state index in [0.717, 1.165) is 12.3 Å². The maximum absolute atomic E-state index is 11.9. The first-order valence-corrected chi connectivity index (χ1v) is 8.00. The second-order valence-electron chi connectivity index (χ2n) is 6.11. The Bertz CT molecular complexity index is 362. The van der Waals surface area contributed by atoms with Gasteiger partial charge in [-0.15, -0.1) is 0 Å². The molecule has 0 unspecified atom stereocenters. The van der Waals surface area contributed by atoms with Crippen LogP contribution < -0.4 is 5.32 Å². The van der Waals surface area contributed by atoms with Gasteiger partial charge in [0.1, 0.15) is 5.60 Å². The van der Waals surface area contributed by atoms with Crippen molar-refractivity contribution in [2.75, 3.05) is 31.6 Å². The fraction of sp³-hybridized carbons (Fsp3) is 0.846. The minimum atomic E-state index is -0.856. The van der Waals surface area contributed by atoms with Crippen LogP contribution in [-0.4, -0.2) is 64.9 Å². The van der Waals surface area contributed by atoms with E-state index in [2.05, 4.69) is 5.32 Å². The highest BCUT2D eigenvalue weighted by Crippen LogP contribution is 2.26. The van der Waals surface area contributed by atoms with Crippen molar-refractivity contribution < 1.29 is 19.4 Å². The third-order valence-electron chi connectivity index (χ3n) is 2.93. The predicted octanol–water partition coefficient (Wildman–Crippen LogP) is 1.40. The fourth-order valence-electron chi connectivity index (χ4n) is 2.13. The van der Waals surface area contributed by atoms with E-state index in [0.29, 0.717) is 13.1 Å². The Morgan fingerprint density at radius 2 is 2.00 bits per heavy atom. The van der Waals surface area contributed by atoms with Gasteiger partial charge in [-0.3, -0.25) is 4.79 Å². The van der Waals surface area contributed by atoms with Crippen LogP contribution in [0.15, 0.2) is 0 Å². The van der Waals surface area contributed by atoms with Gasteiger partial charge in [-0.05, 0) is 27.0 Å². The molecule has 2 N–H and O–H groups in total. The Balaban J connectivity index is 2.52. The molecule has 116 valence electrons. The molecule has 20 heavy (non-hydrogen) atoms. The van der Waals surface area contributed by atoms with Crippen molar-refractivity contribution in [3.63, 3.8) is 0 Å². The Morgan fingerprint density at radius 3 is 2.45 bits per heavy atom. The number of carboxylic acid groups (broad SMARTS) is 1. The Kier molecular flexibility index (Phi) is 5.70. The third-order valence-corrected chi connectivity index (χ3v) is 3.55. The van der Waals surface area contributed by atoms with Crippen LogP contribution in [0.25, 0.3) is 0 Å². The summed E-state index contributed by atoms with van der Waals surface area (Å²) < 4.78 is 5.27. The molecule has 7 heteroatoms. The fourth-order valence-corrected chi connectivity index (χ4v) is 2.44. The van der Waals surface area contributed by atoms with Crippen molar-refractivity contribution in [1.82, 2.24) is 10.2 Å². The molecule has 1 fully saturated rings. The molecule has 1 amide bonds. The molecule has 1 saturated heterocycles. The lowest BCUT2D eigenvalue weighted by molar-refractivity contribution is -0.141. The van der Waals surface area contributed by atoms with Crippen LogP contribution in [0, 0.1) is 0 Å². The minimum Gasteiger partial charge on any atom is -0.481 e. The maximum atomic E-state index is 11.9. The van der Waals surface area contributed by atoms with Gasteiger partial charge in [0.25, 0.3) is 0 Å². The maximum Gasteiger partial charge on any atom is 0.410 e. The average molecular weight is 304 g/mol. The summed E-state index contributed by atoms with van der Waals surface area (Å²) >= 11 is 1.70. The van der Waals surface area contributed by atoms with Gasteiger partial charge in [0.2, 0.25) is 0 Å². The first-order valence-electron chi connectivity index (χ1n) is 6.61. The van der Waals surface area contributed by atoms with Gasteiger partial charge in [-0.1, -0.05) is 0 Å². The number of nitrogens with one attached hydrogen (secondary N) is 1. The van der Waals surface area contributed by atoms with Crippen LogP contribution in [-0.2, 0) is 9.53 Å². The molecule has 1 rings (SSSR count). The van der Waals surface area contributed by atoms with E-state index in [4.69, 9.17) is 9.84 Å². The monoisotopic (exact) mass is 304 g/mol. The smallest absolute Gasteiger partial charge is 0.410 e. The zero-order valence-corrected chi connectivity index (χ0v) is 13.4. The van der Waals surface area contributed by atoms with E-state index < -0.39 is 17.1 Å². The molecule has 0 spiro atoms. The zero-order valence-electron chi connectivity index (χ0n) is 12.6. The summed E-state index contributed by atoms with van der Waals surface area (Å²) in [4.78, 5) is 24.4. The summed E-state index contributed by atoms with van der Waals surface area (Å²) in [5, 5.41) is 12.3. The van der Waals surface area contributed by atoms with Gasteiger partial charge < -0.3 is 20.1 Å². The minimum absolute atomic E-state index is 0.0146. The lowest BCUT2D eigenvalue weighted by Gasteiger charge is -2.49.